The molecule has 5 aliphatic rings. The summed E-state index contributed by atoms with van der Waals surface area (Å²) < 4.78 is 14.2. The second kappa shape index (κ2) is 16.1. The van der Waals surface area contributed by atoms with Crippen LogP contribution in [0.15, 0.2) is 66.7 Å². The molecular weight excluding hydrogens is 734 g/mol. The van der Waals surface area contributed by atoms with Gasteiger partial charge in [0.15, 0.2) is 0 Å². The van der Waals surface area contributed by atoms with E-state index in [4.69, 9.17) is 0 Å². The summed E-state index contributed by atoms with van der Waals surface area (Å²) in [5, 5.41) is 0. The van der Waals surface area contributed by atoms with Crippen molar-refractivity contribution in [2.75, 3.05) is 0 Å². The molecule has 0 atom stereocenters. The molecular formula is C46H55Cl2FZr-2. The van der Waals surface area contributed by atoms with Crippen molar-refractivity contribution in [1.82, 2.24) is 0 Å². The van der Waals surface area contributed by atoms with Crippen molar-refractivity contribution >= 4 is 3.71 Å². The van der Waals surface area contributed by atoms with E-state index < -0.39 is 0 Å². The fraction of sp³-hybridized carbons (Fsp3) is 0.478. The van der Waals surface area contributed by atoms with Crippen LogP contribution < -0.4 is 24.8 Å². The van der Waals surface area contributed by atoms with Gasteiger partial charge < -0.3 is 24.8 Å². The average Bonchev–Trinajstić information content (AvgIpc) is 3.53. The van der Waals surface area contributed by atoms with E-state index in [0.29, 0.717) is 5.41 Å². The van der Waals surface area contributed by atoms with Gasteiger partial charge in [-0.1, -0.05) is 85.6 Å². The monoisotopic (exact) mass is 786 g/mol. The summed E-state index contributed by atoms with van der Waals surface area (Å²) in [6.45, 7) is 18.2. The normalized spacial score (nSPS) is 22.5. The van der Waals surface area contributed by atoms with E-state index in [0.717, 1.165) is 29.7 Å². The Hall–Kier alpha value is -1.73. The van der Waals surface area contributed by atoms with Crippen LogP contribution in [0.3, 0.4) is 0 Å². The third kappa shape index (κ3) is 9.43. The predicted octanol–water partition coefficient (Wildman–Crippen LogP) is 5.97. The molecule has 0 spiro atoms. The van der Waals surface area contributed by atoms with E-state index in [1.807, 2.05) is 3.71 Å². The smallest absolute Gasteiger partial charge is 1.00 e. The molecule has 266 valence electrons. The second-order valence-electron chi connectivity index (χ2n) is 17.8. The van der Waals surface area contributed by atoms with Crippen molar-refractivity contribution in [2.45, 2.75) is 118 Å². The molecule has 4 bridgehead atoms. The topological polar surface area (TPSA) is 0 Å². The van der Waals surface area contributed by atoms with Crippen LogP contribution in [0.1, 0.15) is 125 Å². The van der Waals surface area contributed by atoms with Crippen LogP contribution in [0.25, 0.3) is 11.1 Å². The molecule has 4 aromatic carbocycles. The summed E-state index contributed by atoms with van der Waals surface area (Å²) in [5.41, 5.74) is 15.2. The first kappa shape index (κ1) is 41.0. The molecule has 4 fully saturated rings. The molecule has 0 aliphatic heterocycles. The Morgan fingerprint density at radius 3 is 1.88 bits per heavy atom. The van der Waals surface area contributed by atoms with Gasteiger partial charge in [0.2, 0.25) is 0 Å². The minimum atomic E-state index is -0.170. The average molecular weight is 789 g/mol. The number of hydrogen-bond acceptors (Lipinski definition) is 0. The fourth-order valence-electron chi connectivity index (χ4n) is 9.55. The number of aryl methyl sites for hydroxylation is 2. The van der Waals surface area contributed by atoms with Gasteiger partial charge in [-0.15, -0.1) is 11.1 Å². The van der Waals surface area contributed by atoms with Crippen LogP contribution in [-0.2, 0) is 47.9 Å². The van der Waals surface area contributed by atoms with Gasteiger partial charge in [-0.2, -0.15) is 46.5 Å². The van der Waals surface area contributed by atoms with Crippen molar-refractivity contribution in [1.29, 1.82) is 0 Å². The molecule has 0 heterocycles. The molecule has 50 heavy (non-hydrogen) atoms. The first-order valence-electron chi connectivity index (χ1n) is 18.3. The molecule has 0 aromatic heterocycles. The molecule has 4 aromatic rings. The van der Waals surface area contributed by atoms with Gasteiger partial charge in [0.25, 0.3) is 0 Å². The van der Waals surface area contributed by atoms with Crippen LogP contribution in [0.5, 0.6) is 0 Å². The molecule has 0 nitrogen and oxygen atoms in total. The maximum atomic E-state index is 12.2. The van der Waals surface area contributed by atoms with Gasteiger partial charge in [0.1, 0.15) is 0 Å². The Morgan fingerprint density at radius 1 is 0.800 bits per heavy atom. The van der Waals surface area contributed by atoms with Gasteiger partial charge in [0, 0.05) is 0 Å². The van der Waals surface area contributed by atoms with Crippen LogP contribution in [0, 0.1) is 48.9 Å². The van der Waals surface area contributed by atoms with Gasteiger partial charge in [-0.05, 0) is 90.1 Å². The molecule has 5 aliphatic carbocycles. The predicted molar refractivity (Wildman–Crippen MR) is 198 cm³/mol. The largest absolute Gasteiger partial charge is 1.00 e. The second-order valence-corrected chi connectivity index (χ2v) is 18.6. The standard InChI is InChI=1S/C21H25.C18H25.C7H5F.2ClH.Zr/c1-20(2,3)16-7-9-18-14(12-16)11-15-13-17(21(4,5)6)8-10-19(15)18;1-12-3-13(2)17(4-12)11-18-8-14-5-15(9-18)7-16(6-14)10-18;1-6-2-4-7(8)5-3-6;;;/h7-10,12H,11H2,1-6H3;3-4,14-16H,5-11H2,1-2H3;1-5H;2*1H;/q2*-1;;;;+2/p-2. The van der Waals surface area contributed by atoms with Crippen LogP contribution in [0.4, 0.5) is 4.39 Å². The first-order valence-corrected chi connectivity index (χ1v) is 19.7. The summed E-state index contributed by atoms with van der Waals surface area (Å²) in [6.07, 6.45) is 11.7. The molecule has 4 heteroatoms. The van der Waals surface area contributed by atoms with Gasteiger partial charge in [-0.25, -0.2) is 6.07 Å². The summed E-state index contributed by atoms with van der Waals surface area (Å²) in [6, 6.07) is 26.5. The van der Waals surface area contributed by atoms with Crippen molar-refractivity contribution in [3.8, 4) is 11.1 Å². The van der Waals surface area contributed by atoms with Crippen LogP contribution in [0.2, 0.25) is 0 Å². The summed E-state index contributed by atoms with van der Waals surface area (Å²) in [7, 11) is 0. The number of rotatable bonds is 3. The third-order valence-electron chi connectivity index (χ3n) is 11.6. The van der Waals surface area contributed by atoms with Crippen LogP contribution >= 0.6 is 0 Å². The molecule has 0 saturated heterocycles. The number of hydrogen-bond donors (Lipinski definition) is 0. The van der Waals surface area contributed by atoms with Crippen molar-refractivity contribution in [3.05, 3.63) is 123 Å². The van der Waals surface area contributed by atoms with Crippen molar-refractivity contribution < 1.29 is 53.4 Å². The molecule has 0 N–H and O–H groups in total. The maximum absolute atomic E-state index is 12.2. The molecule has 0 amide bonds. The van der Waals surface area contributed by atoms with Gasteiger partial charge in [0.05, 0.1) is 0 Å². The first-order chi connectivity index (χ1) is 22.6. The summed E-state index contributed by atoms with van der Waals surface area (Å²) in [4.78, 5) is 0. The zero-order valence-electron chi connectivity index (χ0n) is 31.5. The molecule has 0 radical (unpaired) electrons. The summed E-state index contributed by atoms with van der Waals surface area (Å²) in [5.74, 6) is 3.10. The number of halogens is 3. The van der Waals surface area contributed by atoms with Gasteiger partial charge in [-0.3, -0.25) is 0 Å². The number of benzene rings is 3. The quantitative estimate of drug-likeness (QED) is 0.198. The molecule has 0 unspecified atom stereocenters. The SMILES string of the molecule is CC(C)(C)c1[c-]c2c(cc1)-c1ccc(C(C)(C)C)cc1C2.Cc1cc(CC23CC4CC(CC(C4)C2)C3)c(C)[cH-]1.Fc1ccc([CH]=[Zr+2])cc1.[Cl-].[Cl-]. The minimum absolute atomic E-state index is 0. The fourth-order valence-corrected chi connectivity index (χ4v) is 10.0. The minimum Gasteiger partial charge on any atom is -1.00 e. The Kier molecular flexibility index (Phi) is 13.2. The Bertz CT molecular complexity index is 1670. The van der Waals surface area contributed by atoms with Crippen molar-refractivity contribution in [3.63, 3.8) is 0 Å². The zero-order valence-corrected chi connectivity index (χ0v) is 35.4. The number of fused-ring (bicyclic) bond motifs is 3. The van der Waals surface area contributed by atoms with E-state index in [1.165, 1.54) is 81.7 Å². The van der Waals surface area contributed by atoms with Gasteiger partial charge >= 0.3 is 68.0 Å². The molecule has 9 rings (SSSR count). The Morgan fingerprint density at radius 2 is 1.38 bits per heavy atom. The summed E-state index contributed by atoms with van der Waals surface area (Å²) >= 11 is 1.34. The molecule has 4 saturated carbocycles. The van der Waals surface area contributed by atoms with Crippen LogP contribution in [-0.4, -0.2) is 3.71 Å². The van der Waals surface area contributed by atoms with E-state index in [2.05, 4.69) is 104 Å². The Labute approximate surface area is 330 Å². The van der Waals surface area contributed by atoms with E-state index in [9.17, 15) is 4.39 Å². The maximum Gasteiger partial charge on any atom is -1.00 e. The van der Waals surface area contributed by atoms with E-state index in [1.54, 1.807) is 61.8 Å². The van der Waals surface area contributed by atoms with E-state index in [-0.39, 0.29) is 41.5 Å². The zero-order chi connectivity index (χ0) is 34.4. The third-order valence-corrected chi connectivity index (χ3v) is 12.4. The van der Waals surface area contributed by atoms with E-state index >= 15 is 0 Å². The Balaban J connectivity index is 0.000000177. The van der Waals surface area contributed by atoms with Crippen molar-refractivity contribution in [2.24, 2.45) is 23.2 Å².